The van der Waals surface area contributed by atoms with Crippen LogP contribution in [0.2, 0.25) is 0 Å². The molecule has 1 saturated heterocycles. The van der Waals surface area contributed by atoms with Crippen LogP contribution >= 0.6 is 0 Å². The summed E-state index contributed by atoms with van der Waals surface area (Å²) in [6.45, 7) is 5.32. The Bertz CT molecular complexity index is 1200. The zero-order chi connectivity index (χ0) is 26.2. The Morgan fingerprint density at radius 1 is 0.784 bits per heavy atom. The second kappa shape index (κ2) is 13.1. The number of allylic oxidation sites excluding steroid dienone is 2. The molecule has 5 heteroatoms. The Morgan fingerprint density at radius 3 is 2.16 bits per heavy atom. The molecule has 1 aliphatic heterocycles. The highest BCUT2D eigenvalue weighted by atomic mass is 19.2. The summed E-state index contributed by atoms with van der Waals surface area (Å²) >= 11 is 0. The predicted molar refractivity (Wildman–Crippen MR) is 143 cm³/mol. The first-order chi connectivity index (χ1) is 18.0. The molecule has 0 aromatic heterocycles. The molecule has 0 bridgehead atoms. The molecule has 196 valence electrons. The highest BCUT2D eigenvalue weighted by molar-refractivity contribution is 5.71. The summed E-state index contributed by atoms with van der Waals surface area (Å²) in [5.41, 5.74) is 2.94. The van der Waals surface area contributed by atoms with Crippen molar-refractivity contribution >= 4 is 0 Å². The average molecular weight is 509 g/mol. The summed E-state index contributed by atoms with van der Waals surface area (Å²) in [7, 11) is 0. The maximum Gasteiger partial charge on any atom is 0.186 e. The molecule has 3 aromatic carbocycles. The molecule has 1 aliphatic rings. The van der Waals surface area contributed by atoms with E-state index >= 15 is 4.39 Å². The number of rotatable bonds is 10. The SMILES string of the molecule is CC/C=C\Cc1ccc(-c2ccc(-c3ccc(C4OCC(CCCCC)CO4)c(F)c3)cc2)c(F)c1F. The van der Waals surface area contributed by atoms with Crippen LogP contribution in [0.1, 0.15) is 63.4 Å². The van der Waals surface area contributed by atoms with Crippen molar-refractivity contribution in [2.45, 2.75) is 58.7 Å². The maximum atomic E-state index is 15.0. The predicted octanol–water partition coefficient (Wildman–Crippen LogP) is 9.19. The van der Waals surface area contributed by atoms with Crippen LogP contribution in [0.4, 0.5) is 13.2 Å². The van der Waals surface area contributed by atoms with Gasteiger partial charge in [0.25, 0.3) is 0 Å². The van der Waals surface area contributed by atoms with Crippen LogP contribution in [0.25, 0.3) is 22.3 Å². The monoisotopic (exact) mass is 508 g/mol. The third-order valence-corrected chi connectivity index (χ3v) is 6.87. The highest BCUT2D eigenvalue weighted by Crippen LogP contribution is 2.33. The quantitative estimate of drug-likeness (QED) is 0.201. The fourth-order valence-corrected chi connectivity index (χ4v) is 4.66. The Balaban J connectivity index is 1.43. The van der Waals surface area contributed by atoms with Crippen molar-refractivity contribution in [3.8, 4) is 22.3 Å². The summed E-state index contributed by atoms with van der Waals surface area (Å²) in [4.78, 5) is 0. The summed E-state index contributed by atoms with van der Waals surface area (Å²) in [5, 5.41) is 0. The van der Waals surface area contributed by atoms with Gasteiger partial charge in [0.2, 0.25) is 0 Å². The number of benzene rings is 3. The van der Waals surface area contributed by atoms with Gasteiger partial charge < -0.3 is 9.47 Å². The Kier molecular flexibility index (Phi) is 9.59. The van der Waals surface area contributed by atoms with Crippen LogP contribution in [-0.4, -0.2) is 13.2 Å². The normalized spacial score (nSPS) is 18.0. The van der Waals surface area contributed by atoms with Crippen LogP contribution in [-0.2, 0) is 15.9 Å². The van der Waals surface area contributed by atoms with Gasteiger partial charge >= 0.3 is 0 Å². The van der Waals surface area contributed by atoms with Crippen LogP contribution in [0.15, 0.2) is 66.7 Å². The lowest BCUT2D eigenvalue weighted by molar-refractivity contribution is -0.207. The van der Waals surface area contributed by atoms with E-state index in [9.17, 15) is 8.78 Å². The second-order valence-corrected chi connectivity index (χ2v) is 9.66. The van der Waals surface area contributed by atoms with E-state index in [0.717, 1.165) is 24.8 Å². The van der Waals surface area contributed by atoms with Gasteiger partial charge in [-0.15, -0.1) is 0 Å². The first kappa shape index (κ1) is 27.2. The van der Waals surface area contributed by atoms with Crippen molar-refractivity contribution in [1.29, 1.82) is 0 Å². The van der Waals surface area contributed by atoms with Gasteiger partial charge in [-0.2, -0.15) is 0 Å². The fourth-order valence-electron chi connectivity index (χ4n) is 4.66. The van der Waals surface area contributed by atoms with Crippen LogP contribution in [0.5, 0.6) is 0 Å². The largest absolute Gasteiger partial charge is 0.348 e. The molecule has 0 radical (unpaired) electrons. The lowest BCUT2D eigenvalue weighted by Crippen LogP contribution is -2.27. The molecule has 0 unspecified atom stereocenters. The van der Waals surface area contributed by atoms with Gasteiger partial charge in [-0.25, -0.2) is 13.2 Å². The van der Waals surface area contributed by atoms with E-state index < -0.39 is 23.7 Å². The summed E-state index contributed by atoms with van der Waals surface area (Å²) in [6.07, 6.45) is 8.88. The molecule has 2 nitrogen and oxygen atoms in total. The van der Waals surface area contributed by atoms with E-state index in [-0.39, 0.29) is 5.56 Å². The first-order valence-corrected chi connectivity index (χ1v) is 13.3. The van der Waals surface area contributed by atoms with Crippen LogP contribution in [0, 0.1) is 23.4 Å². The van der Waals surface area contributed by atoms with Gasteiger partial charge in [-0.05, 0) is 47.6 Å². The third kappa shape index (κ3) is 6.71. The lowest BCUT2D eigenvalue weighted by Gasteiger charge is -2.30. The Labute approximate surface area is 218 Å². The third-order valence-electron chi connectivity index (χ3n) is 6.87. The molecule has 4 rings (SSSR count). The first-order valence-electron chi connectivity index (χ1n) is 13.3. The number of hydrogen-bond acceptors (Lipinski definition) is 2. The topological polar surface area (TPSA) is 18.5 Å². The zero-order valence-corrected chi connectivity index (χ0v) is 21.6. The molecular formula is C32H35F3O2. The molecule has 0 saturated carbocycles. The smallest absolute Gasteiger partial charge is 0.186 e. The molecule has 0 N–H and O–H groups in total. The van der Waals surface area contributed by atoms with Crippen molar-refractivity contribution in [3.05, 3.63) is 95.3 Å². The Hall–Kier alpha value is -2.89. The number of hydrogen-bond donors (Lipinski definition) is 0. The molecule has 37 heavy (non-hydrogen) atoms. The molecule has 3 aromatic rings. The van der Waals surface area contributed by atoms with Crippen molar-refractivity contribution < 1.29 is 22.6 Å². The van der Waals surface area contributed by atoms with E-state index in [0.29, 0.717) is 47.8 Å². The zero-order valence-electron chi connectivity index (χ0n) is 21.6. The van der Waals surface area contributed by atoms with Gasteiger partial charge in [0.05, 0.1) is 13.2 Å². The van der Waals surface area contributed by atoms with Crippen molar-refractivity contribution in [3.63, 3.8) is 0 Å². The van der Waals surface area contributed by atoms with E-state index in [1.165, 1.54) is 18.9 Å². The minimum absolute atomic E-state index is 0.202. The second-order valence-electron chi connectivity index (χ2n) is 9.66. The minimum Gasteiger partial charge on any atom is -0.348 e. The van der Waals surface area contributed by atoms with Crippen LogP contribution in [0.3, 0.4) is 0 Å². The lowest BCUT2D eigenvalue weighted by atomic mass is 9.97. The highest BCUT2D eigenvalue weighted by Gasteiger charge is 2.25. The molecule has 1 heterocycles. The average Bonchev–Trinajstić information content (AvgIpc) is 2.92. The minimum atomic E-state index is -0.856. The summed E-state index contributed by atoms with van der Waals surface area (Å²) < 4.78 is 56.0. The summed E-state index contributed by atoms with van der Waals surface area (Å²) in [5.74, 6) is -1.71. The Morgan fingerprint density at radius 2 is 1.49 bits per heavy atom. The molecule has 0 amide bonds. The van der Waals surface area contributed by atoms with E-state index in [1.807, 2.05) is 25.1 Å². The van der Waals surface area contributed by atoms with Gasteiger partial charge in [0.1, 0.15) is 5.82 Å². The standard InChI is InChI=1S/C32H35F3O2/c1-3-5-7-9-22-20-36-32(37-21-22)28-18-16-26(19-29(28)33)23-11-13-24(14-12-23)27-17-15-25(10-8-6-4-2)30(34)31(27)35/h6,8,11-19,22,32H,3-5,7,9-10,20-21H2,1-2H3/b8-6-. The van der Waals surface area contributed by atoms with Gasteiger partial charge in [-0.3, -0.25) is 0 Å². The van der Waals surface area contributed by atoms with Crippen molar-refractivity contribution in [2.24, 2.45) is 5.92 Å². The van der Waals surface area contributed by atoms with E-state index in [2.05, 4.69) is 6.92 Å². The molecule has 0 aliphatic carbocycles. The maximum absolute atomic E-state index is 15.0. The van der Waals surface area contributed by atoms with E-state index in [4.69, 9.17) is 9.47 Å². The molecular weight excluding hydrogens is 473 g/mol. The van der Waals surface area contributed by atoms with Crippen molar-refractivity contribution in [1.82, 2.24) is 0 Å². The molecule has 0 spiro atoms. The molecule has 0 atom stereocenters. The van der Waals surface area contributed by atoms with Crippen LogP contribution < -0.4 is 0 Å². The number of halogens is 3. The van der Waals surface area contributed by atoms with Gasteiger partial charge in [-0.1, -0.05) is 93.8 Å². The van der Waals surface area contributed by atoms with Gasteiger partial charge in [0.15, 0.2) is 17.9 Å². The molecule has 1 fully saturated rings. The number of ether oxygens (including phenoxy) is 2. The fraction of sp³-hybridized carbons (Fsp3) is 0.375. The van der Waals surface area contributed by atoms with Gasteiger partial charge in [0, 0.05) is 17.0 Å². The number of unbranched alkanes of at least 4 members (excludes halogenated alkanes) is 2. The van der Waals surface area contributed by atoms with E-state index in [1.54, 1.807) is 42.5 Å². The summed E-state index contributed by atoms with van der Waals surface area (Å²) in [6, 6.07) is 15.2. The van der Waals surface area contributed by atoms with Crippen molar-refractivity contribution in [2.75, 3.05) is 13.2 Å².